The van der Waals surface area contributed by atoms with E-state index >= 15 is 0 Å². The number of amides is 1. The zero-order valence-corrected chi connectivity index (χ0v) is 22.9. The summed E-state index contributed by atoms with van der Waals surface area (Å²) in [7, 11) is 0. The zero-order chi connectivity index (χ0) is 27.6. The number of likely N-dealkylation sites (tertiary alicyclic amines) is 1. The monoisotopic (exact) mass is 524 g/mol. The fourth-order valence-corrected chi connectivity index (χ4v) is 5.64. The minimum absolute atomic E-state index is 0.0441. The maximum atomic E-state index is 13.2. The van der Waals surface area contributed by atoms with Gasteiger partial charge in [-0.15, -0.1) is 0 Å². The van der Waals surface area contributed by atoms with Crippen LogP contribution in [0.25, 0.3) is 22.3 Å². The minimum Gasteiger partial charge on any atom is -0.444 e. The number of carbonyl (C=O) groups is 1. The summed E-state index contributed by atoms with van der Waals surface area (Å²) in [5.41, 5.74) is 12.5. The maximum Gasteiger partial charge on any atom is 0.410 e. The Morgan fingerprint density at radius 2 is 1.74 bits per heavy atom. The average molecular weight is 525 g/mol. The lowest BCUT2D eigenvalue weighted by Crippen LogP contribution is -2.36. The van der Waals surface area contributed by atoms with Gasteiger partial charge in [0.2, 0.25) is 0 Å². The standard InChI is InChI=1S/C32H36N4O3/c1-32(2,3)39-31(37)36-14-4-5-29(36)28-17-24(10-11-26(28)23-12-15-38-16-13-23)25-18-27(30(34)35-20-25)22-8-6-21(19-33)7-9-22/h6-11,17-18,20,23,29H,4-5,12-16H2,1-3H3,(H2,34,35)/t29-/m0/s1. The van der Waals surface area contributed by atoms with Crippen molar-refractivity contribution >= 4 is 11.9 Å². The highest BCUT2D eigenvalue weighted by Gasteiger charge is 2.35. The molecule has 0 unspecified atom stereocenters. The summed E-state index contributed by atoms with van der Waals surface area (Å²) in [6, 6.07) is 18.1. The van der Waals surface area contributed by atoms with E-state index in [-0.39, 0.29) is 12.1 Å². The molecule has 0 saturated carbocycles. The van der Waals surface area contributed by atoms with Crippen molar-refractivity contribution in [3.05, 3.63) is 71.4 Å². The van der Waals surface area contributed by atoms with E-state index in [4.69, 9.17) is 20.5 Å². The first-order chi connectivity index (χ1) is 18.7. The Labute approximate surface area is 230 Å². The molecule has 2 N–H and O–H groups in total. The molecule has 2 aliphatic heterocycles. The van der Waals surface area contributed by atoms with Crippen molar-refractivity contribution in [2.24, 2.45) is 0 Å². The second-order valence-electron chi connectivity index (χ2n) is 11.4. The van der Waals surface area contributed by atoms with Gasteiger partial charge in [-0.1, -0.05) is 24.3 Å². The second kappa shape index (κ2) is 11.1. The van der Waals surface area contributed by atoms with Crippen molar-refractivity contribution in [3.63, 3.8) is 0 Å². The highest BCUT2D eigenvalue weighted by molar-refractivity contribution is 5.80. The molecule has 1 atom stereocenters. The third-order valence-corrected chi connectivity index (χ3v) is 7.56. The van der Waals surface area contributed by atoms with Crippen LogP contribution in [0.1, 0.15) is 75.1 Å². The van der Waals surface area contributed by atoms with E-state index in [1.807, 2.05) is 37.8 Å². The van der Waals surface area contributed by atoms with Crippen LogP contribution in [0.2, 0.25) is 0 Å². The molecule has 3 aromatic rings. The highest BCUT2D eigenvalue weighted by atomic mass is 16.6. The number of nitrogen functional groups attached to an aromatic ring is 1. The third kappa shape index (κ3) is 5.91. The summed E-state index contributed by atoms with van der Waals surface area (Å²) in [5.74, 6) is 0.831. The number of hydrogen-bond donors (Lipinski definition) is 1. The largest absolute Gasteiger partial charge is 0.444 e. The van der Waals surface area contributed by atoms with Gasteiger partial charge < -0.3 is 20.1 Å². The number of aromatic nitrogens is 1. The van der Waals surface area contributed by atoms with Gasteiger partial charge in [-0.3, -0.25) is 0 Å². The minimum atomic E-state index is -0.549. The van der Waals surface area contributed by atoms with Crippen molar-refractivity contribution in [2.45, 2.75) is 64.0 Å². The number of hydrogen-bond acceptors (Lipinski definition) is 6. The van der Waals surface area contributed by atoms with E-state index in [2.05, 4.69) is 35.3 Å². The molecule has 2 aliphatic rings. The van der Waals surface area contributed by atoms with Crippen LogP contribution in [0.4, 0.5) is 10.6 Å². The quantitative estimate of drug-likeness (QED) is 0.401. The molecule has 0 radical (unpaired) electrons. The molecule has 2 fully saturated rings. The third-order valence-electron chi connectivity index (χ3n) is 7.56. The fourth-order valence-electron chi connectivity index (χ4n) is 5.64. The van der Waals surface area contributed by atoms with Crippen LogP contribution in [-0.2, 0) is 9.47 Å². The number of pyridine rings is 1. The van der Waals surface area contributed by atoms with Crippen molar-refractivity contribution in [3.8, 4) is 28.3 Å². The first-order valence-corrected chi connectivity index (χ1v) is 13.7. The highest BCUT2D eigenvalue weighted by Crippen LogP contribution is 2.42. The van der Waals surface area contributed by atoms with Gasteiger partial charge in [0.05, 0.1) is 17.7 Å². The number of nitriles is 1. The lowest BCUT2D eigenvalue weighted by Gasteiger charge is -2.32. The van der Waals surface area contributed by atoms with Crippen LogP contribution in [0.3, 0.4) is 0 Å². The topological polar surface area (TPSA) is 101 Å². The van der Waals surface area contributed by atoms with E-state index in [0.29, 0.717) is 23.8 Å². The molecule has 2 saturated heterocycles. The molecular formula is C32H36N4O3. The van der Waals surface area contributed by atoms with Crippen LogP contribution in [0.5, 0.6) is 0 Å². The first-order valence-electron chi connectivity index (χ1n) is 13.7. The number of ether oxygens (including phenoxy) is 2. The summed E-state index contributed by atoms with van der Waals surface area (Å²) in [5, 5.41) is 9.16. The smallest absolute Gasteiger partial charge is 0.410 e. The summed E-state index contributed by atoms with van der Waals surface area (Å²) in [6.45, 7) is 7.91. The Hall–Kier alpha value is -3.89. The number of benzene rings is 2. The molecule has 3 heterocycles. The van der Waals surface area contributed by atoms with Crippen LogP contribution in [0, 0.1) is 11.3 Å². The predicted octanol–water partition coefficient (Wildman–Crippen LogP) is 6.84. The van der Waals surface area contributed by atoms with Gasteiger partial charge in [0, 0.05) is 37.1 Å². The van der Waals surface area contributed by atoms with Crippen LogP contribution in [-0.4, -0.2) is 41.3 Å². The molecule has 7 nitrogen and oxygen atoms in total. The number of rotatable bonds is 4. The van der Waals surface area contributed by atoms with Gasteiger partial charge in [-0.2, -0.15) is 5.26 Å². The fraction of sp³-hybridized carbons (Fsp3) is 0.406. The Kier molecular flexibility index (Phi) is 7.58. The number of nitrogens with two attached hydrogens (primary N) is 1. The van der Waals surface area contributed by atoms with E-state index in [0.717, 1.165) is 61.2 Å². The molecule has 202 valence electrons. The Morgan fingerprint density at radius 1 is 1.03 bits per heavy atom. The van der Waals surface area contributed by atoms with Crippen molar-refractivity contribution in [1.82, 2.24) is 9.88 Å². The molecular weight excluding hydrogens is 488 g/mol. The predicted molar refractivity (Wildman–Crippen MR) is 152 cm³/mol. The van der Waals surface area contributed by atoms with Gasteiger partial charge in [0.1, 0.15) is 11.4 Å². The van der Waals surface area contributed by atoms with Crippen LogP contribution >= 0.6 is 0 Å². The van der Waals surface area contributed by atoms with Gasteiger partial charge in [-0.05, 0) is 98.9 Å². The summed E-state index contributed by atoms with van der Waals surface area (Å²) in [6.07, 6.45) is 5.32. The van der Waals surface area contributed by atoms with Crippen molar-refractivity contribution < 1.29 is 14.3 Å². The van der Waals surface area contributed by atoms with Crippen molar-refractivity contribution in [2.75, 3.05) is 25.5 Å². The molecule has 0 spiro atoms. The van der Waals surface area contributed by atoms with Gasteiger partial charge in [0.25, 0.3) is 0 Å². The zero-order valence-electron chi connectivity index (χ0n) is 22.9. The molecule has 39 heavy (non-hydrogen) atoms. The van der Waals surface area contributed by atoms with E-state index in [9.17, 15) is 4.79 Å². The number of nitrogens with zero attached hydrogens (tertiary/aromatic N) is 3. The normalized spacial score (nSPS) is 18.1. The number of anilines is 1. The first kappa shape index (κ1) is 26.7. The SMILES string of the molecule is CC(C)(C)OC(=O)N1CCC[C@H]1c1cc(-c2cnc(N)c(-c3ccc(C#N)cc3)c2)ccc1C1CCOCC1. The van der Waals surface area contributed by atoms with Gasteiger partial charge >= 0.3 is 6.09 Å². The molecule has 1 aromatic heterocycles. The molecule has 0 aliphatic carbocycles. The Bertz CT molecular complexity index is 1380. The van der Waals surface area contributed by atoms with Crippen molar-refractivity contribution in [1.29, 1.82) is 5.26 Å². The Morgan fingerprint density at radius 3 is 2.44 bits per heavy atom. The summed E-state index contributed by atoms with van der Waals surface area (Å²) in [4.78, 5) is 19.6. The maximum absolute atomic E-state index is 13.2. The van der Waals surface area contributed by atoms with E-state index in [1.54, 1.807) is 18.3 Å². The number of carbonyl (C=O) groups excluding carboxylic acids is 1. The van der Waals surface area contributed by atoms with E-state index < -0.39 is 5.60 Å². The van der Waals surface area contributed by atoms with Crippen LogP contribution < -0.4 is 5.73 Å². The van der Waals surface area contributed by atoms with Gasteiger partial charge in [-0.25, -0.2) is 9.78 Å². The van der Waals surface area contributed by atoms with Crippen LogP contribution in [0.15, 0.2) is 54.7 Å². The molecule has 5 rings (SSSR count). The molecule has 1 amide bonds. The summed E-state index contributed by atoms with van der Waals surface area (Å²) < 4.78 is 11.4. The molecule has 7 heteroatoms. The van der Waals surface area contributed by atoms with E-state index in [1.165, 1.54) is 11.1 Å². The molecule has 0 bridgehead atoms. The second-order valence-corrected chi connectivity index (χ2v) is 11.4. The lowest BCUT2D eigenvalue weighted by atomic mass is 9.83. The van der Waals surface area contributed by atoms with Gasteiger partial charge in [0.15, 0.2) is 0 Å². The average Bonchev–Trinajstić information content (AvgIpc) is 3.43. The Balaban J connectivity index is 1.55. The summed E-state index contributed by atoms with van der Waals surface area (Å²) >= 11 is 0. The molecule has 2 aromatic carbocycles. The lowest BCUT2D eigenvalue weighted by molar-refractivity contribution is 0.0222.